The minimum Gasteiger partial charge on any atom is -0.481 e. The molecule has 3 aliphatic rings. The molecule has 106 valence electrons. The first-order chi connectivity index (χ1) is 9.15. The maximum atomic E-state index is 12.0. The SMILES string of the molecule is O=C(O)C1CC(N2CC(C3CCCCC3)NC2=O)C1. The van der Waals surface area contributed by atoms with E-state index in [0.717, 1.165) is 6.54 Å². The Kier molecular flexibility index (Phi) is 3.37. The van der Waals surface area contributed by atoms with Crippen molar-refractivity contribution in [3.8, 4) is 0 Å². The van der Waals surface area contributed by atoms with Crippen LogP contribution in [-0.2, 0) is 4.79 Å². The molecule has 5 heteroatoms. The van der Waals surface area contributed by atoms with Gasteiger partial charge in [0.2, 0.25) is 0 Å². The van der Waals surface area contributed by atoms with Crippen molar-refractivity contribution < 1.29 is 14.7 Å². The molecule has 1 saturated heterocycles. The molecule has 0 aromatic rings. The highest BCUT2D eigenvalue weighted by molar-refractivity contribution is 5.78. The standard InChI is InChI=1S/C14H22N2O3/c17-13(18)10-6-11(7-10)16-8-12(15-14(16)19)9-4-2-1-3-5-9/h9-12H,1-8H2,(H,15,19)(H,17,18). The van der Waals surface area contributed by atoms with Gasteiger partial charge in [-0.1, -0.05) is 19.3 Å². The van der Waals surface area contributed by atoms with Crippen molar-refractivity contribution in [1.82, 2.24) is 10.2 Å². The van der Waals surface area contributed by atoms with Crippen LogP contribution >= 0.6 is 0 Å². The molecule has 1 aliphatic heterocycles. The number of carbonyl (C=O) groups is 2. The molecule has 0 aromatic heterocycles. The third-order valence-electron chi connectivity index (χ3n) is 5.09. The van der Waals surface area contributed by atoms with E-state index in [1.165, 1.54) is 32.1 Å². The largest absolute Gasteiger partial charge is 0.481 e. The van der Waals surface area contributed by atoms with Gasteiger partial charge < -0.3 is 15.3 Å². The zero-order chi connectivity index (χ0) is 13.4. The minimum absolute atomic E-state index is 0.0180. The highest BCUT2D eigenvalue weighted by Crippen LogP contribution is 2.35. The molecule has 2 N–H and O–H groups in total. The molecule has 0 spiro atoms. The Morgan fingerprint density at radius 2 is 1.89 bits per heavy atom. The summed E-state index contributed by atoms with van der Waals surface area (Å²) in [4.78, 5) is 24.7. The summed E-state index contributed by atoms with van der Waals surface area (Å²) in [7, 11) is 0. The first-order valence-corrected chi connectivity index (χ1v) is 7.45. The van der Waals surface area contributed by atoms with Crippen LogP contribution in [0, 0.1) is 11.8 Å². The molecule has 19 heavy (non-hydrogen) atoms. The van der Waals surface area contributed by atoms with Crippen molar-refractivity contribution in [3.63, 3.8) is 0 Å². The number of carboxylic acid groups (broad SMARTS) is 1. The van der Waals surface area contributed by atoms with Crippen LogP contribution in [-0.4, -0.2) is 40.6 Å². The van der Waals surface area contributed by atoms with Crippen molar-refractivity contribution in [2.24, 2.45) is 11.8 Å². The van der Waals surface area contributed by atoms with E-state index >= 15 is 0 Å². The molecule has 1 unspecified atom stereocenters. The predicted molar refractivity (Wildman–Crippen MR) is 69.7 cm³/mol. The van der Waals surface area contributed by atoms with E-state index in [0.29, 0.717) is 18.8 Å². The van der Waals surface area contributed by atoms with Gasteiger partial charge in [-0.25, -0.2) is 4.79 Å². The molecule has 1 atom stereocenters. The second-order valence-electron chi connectivity index (χ2n) is 6.27. The summed E-state index contributed by atoms with van der Waals surface area (Å²) in [6.07, 6.45) is 7.58. The fourth-order valence-corrected chi connectivity index (χ4v) is 3.74. The lowest BCUT2D eigenvalue weighted by Gasteiger charge is -2.38. The van der Waals surface area contributed by atoms with Gasteiger partial charge in [-0.2, -0.15) is 0 Å². The van der Waals surface area contributed by atoms with E-state index in [-0.39, 0.29) is 24.0 Å². The van der Waals surface area contributed by atoms with E-state index in [4.69, 9.17) is 5.11 Å². The summed E-state index contributed by atoms with van der Waals surface area (Å²) in [6, 6.07) is 0.454. The lowest BCUT2D eigenvalue weighted by molar-refractivity contribution is -0.146. The van der Waals surface area contributed by atoms with Crippen LogP contribution in [0.2, 0.25) is 0 Å². The van der Waals surface area contributed by atoms with Gasteiger partial charge in [0, 0.05) is 12.6 Å². The average molecular weight is 266 g/mol. The number of nitrogens with one attached hydrogen (secondary N) is 1. The highest BCUT2D eigenvalue weighted by atomic mass is 16.4. The Balaban J connectivity index is 1.54. The maximum absolute atomic E-state index is 12.0. The van der Waals surface area contributed by atoms with E-state index in [1.807, 2.05) is 4.90 Å². The number of rotatable bonds is 3. The molecule has 2 saturated carbocycles. The summed E-state index contributed by atoms with van der Waals surface area (Å²) in [5, 5.41) is 12.0. The van der Waals surface area contributed by atoms with Crippen molar-refractivity contribution >= 4 is 12.0 Å². The van der Waals surface area contributed by atoms with Gasteiger partial charge in [0.1, 0.15) is 0 Å². The number of aliphatic carboxylic acids is 1. The van der Waals surface area contributed by atoms with Crippen LogP contribution in [0.4, 0.5) is 4.79 Å². The van der Waals surface area contributed by atoms with Crippen molar-refractivity contribution in [2.75, 3.05) is 6.54 Å². The van der Waals surface area contributed by atoms with Crippen LogP contribution in [0.15, 0.2) is 0 Å². The van der Waals surface area contributed by atoms with E-state index in [9.17, 15) is 9.59 Å². The third kappa shape index (κ3) is 2.42. The van der Waals surface area contributed by atoms with E-state index in [2.05, 4.69) is 5.32 Å². The van der Waals surface area contributed by atoms with Crippen molar-refractivity contribution in [3.05, 3.63) is 0 Å². The monoisotopic (exact) mass is 266 g/mol. The second kappa shape index (κ2) is 5.02. The number of carboxylic acids is 1. The van der Waals surface area contributed by atoms with Crippen LogP contribution in [0.5, 0.6) is 0 Å². The molecule has 2 aliphatic carbocycles. The number of carbonyl (C=O) groups excluding carboxylic acids is 1. The Morgan fingerprint density at radius 1 is 1.21 bits per heavy atom. The third-order valence-corrected chi connectivity index (χ3v) is 5.09. The average Bonchev–Trinajstić information content (AvgIpc) is 2.71. The smallest absolute Gasteiger partial charge is 0.318 e. The van der Waals surface area contributed by atoms with Gasteiger partial charge in [-0.3, -0.25) is 4.79 Å². The fraction of sp³-hybridized carbons (Fsp3) is 0.857. The quantitative estimate of drug-likeness (QED) is 0.818. The Bertz CT molecular complexity index is 373. The lowest BCUT2D eigenvalue weighted by atomic mass is 9.79. The summed E-state index contributed by atoms with van der Waals surface area (Å²) in [5.41, 5.74) is 0. The van der Waals surface area contributed by atoms with Crippen molar-refractivity contribution in [2.45, 2.75) is 57.0 Å². The highest BCUT2D eigenvalue weighted by Gasteiger charge is 2.44. The fourth-order valence-electron chi connectivity index (χ4n) is 3.74. The minimum atomic E-state index is -0.723. The summed E-state index contributed by atoms with van der Waals surface area (Å²) >= 11 is 0. The summed E-state index contributed by atoms with van der Waals surface area (Å²) in [5.74, 6) is -0.343. The van der Waals surface area contributed by atoms with Crippen LogP contribution < -0.4 is 5.32 Å². The van der Waals surface area contributed by atoms with Crippen LogP contribution in [0.25, 0.3) is 0 Å². The van der Waals surface area contributed by atoms with Crippen LogP contribution in [0.3, 0.4) is 0 Å². The molecule has 0 radical (unpaired) electrons. The summed E-state index contributed by atoms with van der Waals surface area (Å²) in [6.45, 7) is 0.778. The second-order valence-corrected chi connectivity index (χ2v) is 6.27. The normalized spacial score (nSPS) is 35.9. The number of nitrogens with zero attached hydrogens (tertiary/aromatic N) is 1. The number of urea groups is 1. The zero-order valence-corrected chi connectivity index (χ0v) is 11.2. The first-order valence-electron chi connectivity index (χ1n) is 7.45. The molecule has 3 fully saturated rings. The van der Waals surface area contributed by atoms with E-state index in [1.54, 1.807) is 0 Å². The van der Waals surface area contributed by atoms with Crippen LogP contribution in [0.1, 0.15) is 44.9 Å². The van der Waals surface area contributed by atoms with Crippen molar-refractivity contribution in [1.29, 1.82) is 0 Å². The van der Waals surface area contributed by atoms with Gasteiger partial charge in [-0.05, 0) is 31.6 Å². The first kappa shape index (κ1) is 12.8. The maximum Gasteiger partial charge on any atom is 0.318 e. The Hall–Kier alpha value is -1.26. The van der Waals surface area contributed by atoms with E-state index < -0.39 is 5.97 Å². The van der Waals surface area contributed by atoms with Gasteiger partial charge >= 0.3 is 12.0 Å². The number of hydrogen-bond donors (Lipinski definition) is 2. The predicted octanol–water partition coefficient (Wildman–Crippen LogP) is 1.82. The Labute approximate surface area is 113 Å². The molecule has 1 heterocycles. The van der Waals surface area contributed by atoms with Gasteiger partial charge in [-0.15, -0.1) is 0 Å². The molecule has 0 bridgehead atoms. The Morgan fingerprint density at radius 3 is 2.53 bits per heavy atom. The molecule has 0 aromatic carbocycles. The lowest BCUT2D eigenvalue weighted by Crippen LogP contribution is -2.48. The zero-order valence-electron chi connectivity index (χ0n) is 11.2. The molecule has 3 rings (SSSR count). The van der Waals surface area contributed by atoms with Gasteiger partial charge in [0.05, 0.1) is 12.0 Å². The molecular weight excluding hydrogens is 244 g/mol. The molecule has 2 amide bonds. The number of amides is 2. The van der Waals surface area contributed by atoms with Gasteiger partial charge in [0.25, 0.3) is 0 Å². The summed E-state index contributed by atoms with van der Waals surface area (Å²) < 4.78 is 0. The number of hydrogen-bond acceptors (Lipinski definition) is 2. The molecular formula is C14H22N2O3. The molecule has 5 nitrogen and oxygen atoms in total. The van der Waals surface area contributed by atoms with Gasteiger partial charge in [0.15, 0.2) is 0 Å². The topological polar surface area (TPSA) is 69.6 Å².